The highest BCUT2D eigenvalue weighted by Gasteiger charge is 2.21. The van der Waals surface area contributed by atoms with E-state index in [1.54, 1.807) is 18.5 Å². The number of esters is 1. The molecule has 7 nitrogen and oxygen atoms in total. The molecule has 0 radical (unpaired) electrons. The van der Waals surface area contributed by atoms with E-state index in [1.165, 1.54) is 7.11 Å². The summed E-state index contributed by atoms with van der Waals surface area (Å²) in [6.07, 6.45) is 0. The van der Waals surface area contributed by atoms with Crippen molar-refractivity contribution in [3.63, 3.8) is 0 Å². The molecule has 0 N–H and O–H groups in total. The molecule has 3 rings (SSSR count). The first-order valence-corrected chi connectivity index (χ1v) is 7.94. The molecule has 0 aliphatic carbocycles. The molecule has 2 aromatic heterocycles. The van der Waals surface area contributed by atoms with E-state index in [0.29, 0.717) is 17.9 Å². The molecule has 24 heavy (non-hydrogen) atoms. The van der Waals surface area contributed by atoms with Gasteiger partial charge in [-0.2, -0.15) is 5.10 Å². The number of hydrogen-bond acceptors (Lipinski definition) is 6. The van der Waals surface area contributed by atoms with Crippen LogP contribution in [0.15, 0.2) is 28.7 Å². The Morgan fingerprint density at radius 1 is 1.21 bits per heavy atom. The molecule has 8 heteroatoms. The highest BCUT2D eigenvalue weighted by Crippen LogP contribution is 2.29. The van der Waals surface area contributed by atoms with Crippen LogP contribution in [0.3, 0.4) is 0 Å². The van der Waals surface area contributed by atoms with Crippen LogP contribution in [0.1, 0.15) is 21.9 Å². The summed E-state index contributed by atoms with van der Waals surface area (Å²) in [6, 6.07) is 7.81. The average Bonchev–Trinajstić information content (AvgIpc) is 2.95. The molecule has 0 aliphatic heterocycles. The lowest BCUT2D eigenvalue weighted by Crippen LogP contribution is -2.12. The predicted molar refractivity (Wildman–Crippen MR) is 90.7 cm³/mol. The molecule has 1 aromatic carbocycles. The average molecular weight is 391 g/mol. The van der Waals surface area contributed by atoms with Gasteiger partial charge in [0.15, 0.2) is 11.3 Å². The first-order chi connectivity index (χ1) is 11.6. The molecule has 0 aliphatic rings. The van der Waals surface area contributed by atoms with Crippen molar-refractivity contribution < 1.29 is 14.3 Å². The monoisotopic (exact) mass is 390 g/mol. The number of aromatic nitrogens is 4. The van der Waals surface area contributed by atoms with Gasteiger partial charge in [-0.1, -0.05) is 28.1 Å². The molecule has 0 saturated carbocycles. The lowest BCUT2D eigenvalue weighted by molar-refractivity contribution is 0.0590. The zero-order chi connectivity index (χ0) is 17.3. The zero-order valence-corrected chi connectivity index (χ0v) is 15.0. The van der Waals surface area contributed by atoms with Gasteiger partial charge in [-0.25, -0.2) is 9.31 Å². The smallest absolute Gasteiger partial charge is 0.360 e. The van der Waals surface area contributed by atoms with Crippen LogP contribution in [0, 0.1) is 6.92 Å². The third kappa shape index (κ3) is 2.78. The highest BCUT2D eigenvalue weighted by atomic mass is 79.9. The summed E-state index contributed by atoms with van der Waals surface area (Å²) in [5.74, 6) is -0.545. The second-order valence-electron chi connectivity index (χ2n) is 5.12. The van der Waals surface area contributed by atoms with Crippen LogP contribution in [0.25, 0.3) is 16.8 Å². The van der Waals surface area contributed by atoms with Crippen molar-refractivity contribution in [3.05, 3.63) is 45.8 Å². The molecule has 0 amide bonds. The summed E-state index contributed by atoms with van der Waals surface area (Å²) < 4.78 is 12.6. The van der Waals surface area contributed by atoms with E-state index in [-0.39, 0.29) is 5.69 Å². The molecule has 3 aromatic rings. The van der Waals surface area contributed by atoms with Gasteiger partial charge in [-0.15, -0.1) is 10.2 Å². The Balaban J connectivity index is 2.27. The Hall–Kier alpha value is -2.32. The van der Waals surface area contributed by atoms with E-state index < -0.39 is 5.97 Å². The van der Waals surface area contributed by atoms with Crippen LogP contribution in [0.4, 0.5) is 0 Å². The summed E-state index contributed by atoms with van der Waals surface area (Å²) in [4.78, 5) is 11.8. The van der Waals surface area contributed by atoms with Crippen LogP contribution in [0.5, 0.6) is 0 Å². The van der Waals surface area contributed by atoms with Crippen LogP contribution in [0.2, 0.25) is 0 Å². The number of carbonyl (C=O) groups is 1. The largest absolute Gasteiger partial charge is 0.464 e. The van der Waals surface area contributed by atoms with Crippen LogP contribution < -0.4 is 0 Å². The number of hydrogen-bond donors (Lipinski definition) is 0. The lowest BCUT2D eigenvalue weighted by atomic mass is 10.1. The maximum absolute atomic E-state index is 11.8. The van der Waals surface area contributed by atoms with Crippen molar-refractivity contribution >= 4 is 27.5 Å². The SMILES string of the molecule is COCc1nn2c(C)c(C(=O)OC)nnc2c1-c1ccc(Br)cc1. The van der Waals surface area contributed by atoms with Gasteiger partial charge in [0.1, 0.15) is 0 Å². The van der Waals surface area contributed by atoms with Gasteiger partial charge in [0.2, 0.25) is 0 Å². The van der Waals surface area contributed by atoms with Gasteiger partial charge >= 0.3 is 5.97 Å². The van der Waals surface area contributed by atoms with Crippen molar-refractivity contribution in [2.45, 2.75) is 13.5 Å². The van der Waals surface area contributed by atoms with Crippen molar-refractivity contribution in [1.82, 2.24) is 19.8 Å². The van der Waals surface area contributed by atoms with Gasteiger partial charge in [-0.3, -0.25) is 0 Å². The number of benzene rings is 1. The lowest BCUT2D eigenvalue weighted by Gasteiger charge is -2.05. The van der Waals surface area contributed by atoms with Gasteiger partial charge in [0.05, 0.1) is 30.7 Å². The van der Waals surface area contributed by atoms with E-state index in [2.05, 4.69) is 31.2 Å². The van der Waals surface area contributed by atoms with Crippen molar-refractivity contribution in [2.24, 2.45) is 0 Å². The number of nitrogens with zero attached hydrogens (tertiary/aromatic N) is 4. The molecular formula is C16H15BrN4O3. The number of halogens is 1. The van der Waals surface area contributed by atoms with E-state index in [0.717, 1.165) is 21.3 Å². The summed E-state index contributed by atoms with van der Waals surface area (Å²) in [7, 11) is 2.91. The summed E-state index contributed by atoms with van der Waals surface area (Å²) in [5, 5.41) is 12.8. The van der Waals surface area contributed by atoms with Crippen molar-refractivity contribution in [1.29, 1.82) is 0 Å². The Labute approximate surface area is 146 Å². The standard InChI is InChI=1S/C16H15BrN4O3/c1-9-14(16(22)24-3)18-19-15-13(10-4-6-11(17)7-5-10)12(8-23-2)20-21(9)15/h4-7H,8H2,1-3H3. The van der Waals surface area contributed by atoms with E-state index in [4.69, 9.17) is 9.47 Å². The molecule has 0 fully saturated rings. The molecular weight excluding hydrogens is 376 g/mol. The van der Waals surface area contributed by atoms with Crippen LogP contribution >= 0.6 is 15.9 Å². The Morgan fingerprint density at radius 3 is 2.54 bits per heavy atom. The summed E-state index contributed by atoms with van der Waals surface area (Å²) in [6.45, 7) is 2.07. The predicted octanol–water partition coefficient (Wildman–Crippen LogP) is 2.80. The van der Waals surface area contributed by atoms with E-state index in [1.807, 2.05) is 24.3 Å². The molecule has 2 heterocycles. The Kier molecular flexibility index (Phi) is 4.59. The molecule has 0 unspecified atom stereocenters. The second kappa shape index (κ2) is 6.66. The zero-order valence-electron chi connectivity index (χ0n) is 13.4. The fourth-order valence-corrected chi connectivity index (χ4v) is 2.75. The number of carbonyl (C=O) groups excluding carboxylic acids is 1. The number of methoxy groups -OCH3 is 2. The second-order valence-corrected chi connectivity index (χ2v) is 6.04. The topological polar surface area (TPSA) is 78.6 Å². The highest BCUT2D eigenvalue weighted by molar-refractivity contribution is 9.10. The number of aryl methyl sites for hydroxylation is 1. The molecule has 0 saturated heterocycles. The minimum Gasteiger partial charge on any atom is -0.464 e. The summed E-state index contributed by atoms with van der Waals surface area (Å²) >= 11 is 3.43. The van der Waals surface area contributed by atoms with Gasteiger partial charge in [0, 0.05) is 11.6 Å². The Morgan fingerprint density at radius 2 is 1.92 bits per heavy atom. The van der Waals surface area contributed by atoms with Crippen LogP contribution in [-0.4, -0.2) is 40.0 Å². The maximum Gasteiger partial charge on any atom is 0.360 e. The van der Waals surface area contributed by atoms with E-state index in [9.17, 15) is 4.79 Å². The third-order valence-corrected chi connectivity index (χ3v) is 4.16. The normalized spacial score (nSPS) is 11.0. The quantitative estimate of drug-likeness (QED) is 0.637. The minimum absolute atomic E-state index is 0.138. The number of ether oxygens (including phenoxy) is 2. The van der Waals surface area contributed by atoms with Crippen LogP contribution in [-0.2, 0) is 16.1 Å². The number of fused-ring (bicyclic) bond motifs is 1. The summed E-state index contributed by atoms with van der Waals surface area (Å²) in [5.41, 5.74) is 3.76. The van der Waals surface area contributed by atoms with Crippen molar-refractivity contribution in [3.8, 4) is 11.1 Å². The van der Waals surface area contributed by atoms with Gasteiger partial charge in [0.25, 0.3) is 0 Å². The molecule has 0 bridgehead atoms. The molecule has 124 valence electrons. The van der Waals surface area contributed by atoms with Gasteiger partial charge < -0.3 is 9.47 Å². The van der Waals surface area contributed by atoms with Crippen molar-refractivity contribution in [2.75, 3.05) is 14.2 Å². The first-order valence-electron chi connectivity index (χ1n) is 7.15. The number of rotatable bonds is 4. The first kappa shape index (κ1) is 16.5. The molecule has 0 atom stereocenters. The van der Waals surface area contributed by atoms with E-state index >= 15 is 0 Å². The molecule has 0 spiro atoms. The maximum atomic E-state index is 11.8. The fraction of sp³-hybridized carbons (Fsp3) is 0.250. The minimum atomic E-state index is -0.545. The van der Waals surface area contributed by atoms with Gasteiger partial charge in [-0.05, 0) is 24.6 Å². The third-order valence-electron chi connectivity index (χ3n) is 3.63. The fourth-order valence-electron chi connectivity index (χ4n) is 2.48. The Bertz CT molecular complexity index is 906.